The van der Waals surface area contributed by atoms with Crippen molar-refractivity contribution in [3.05, 3.63) is 0 Å². The van der Waals surface area contributed by atoms with E-state index in [1.54, 1.807) is 0 Å². The molecule has 0 aromatic carbocycles. The number of nitrogens with two attached hydrogens (primary N) is 1. The first kappa shape index (κ1) is 11.9. The molecule has 0 spiro atoms. The van der Waals surface area contributed by atoms with Crippen molar-refractivity contribution < 1.29 is 4.79 Å². The standard InChI is InChI=1S/C13H24N2O/c1-13(2)10(9-14)8-12(16)15(13)11-6-4-3-5-7-11/h10-11H,3-9,14H2,1-2H3. The first-order chi connectivity index (χ1) is 7.57. The van der Waals surface area contributed by atoms with E-state index in [2.05, 4.69) is 18.7 Å². The zero-order chi connectivity index (χ0) is 11.8. The lowest BCUT2D eigenvalue weighted by Crippen LogP contribution is -2.51. The van der Waals surface area contributed by atoms with E-state index in [0.29, 0.717) is 30.8 Å². The van der Waals surface area contributed by atoms with Gasteiger partial charge in [0.2, 0.25) is 5.91 Å². The van der Waals surface area contributed by atoms with E-state index in [0.717, 1.165) is 0 Å². The van der Waals surface area contributed by atoms with Gasteiger partial charge in [0.1, 0.15) is 0 Å². The summed E-state index contributed by atoms with van der Waals surface area (Å²) in [6, 6.07) is 0.479. The summed E-state index contributed by atoms with van der Waals surface area (Å²) >= 11 is 0. The van der Waals surface area contributed by atoms with Crippen LogP contribution in [-0.2, 0) is 4.79 Å². The molecule has 2 aliphatic rings. The minimum atomic E-state index is -0.0339. The monoisotopic (exact) mass is 224 g/mol. The Kier molecular flexibility index (Phi) is 3.24. The van der Waals surface area contributed by atoms with Crippen molar-refractivity contribution in [2.45, 2.75) is 64.0 Å². The summed E-state index contributed by atoms with van der Waals surface area (Å²) in [6.07, 6.45) is 6.91. The maximum atomic E-state index is 12.1. The van der Waals surface area contributed by atoms with Gasteiger partial charge in [-0.15, -0.1) is 0 Å². The lowest BCUT2D eigenvalue weighted by molar-refractivity contribution is -0.134. The number of carbonyl (C=O) groups excluding carboxylic acids is 1. The van der Waals surface area contributed by atoms with Crippen molar-refractivity contribution in [2.24, 2.45) is 11.7 Å². The van der Waals surface area contributed by atoms with Gasteiger partial charge in [0.05, 0.1) is 0 Å². The van der Waals surface area contributed by atoms with E-state index >= 15 is 0 Å². The summed E-state index contributed by atoms with van der Waals surface area (Å²) in [6.45, 7) is 5.00. The number of nitrogens with zero attached hydrogens (tertiary/aromatic N) is 1. The highest BCUT2D eigenvalue weighted by Crippen LogP contribution is 2.39. The summed E-state index contributed by atoms with van der Waals surface area (Å²) in [5.41, 5.74) is 5.75. The smallest absolute Gasteiger partial charge is 0.223 e. The molecule has 1 heterocycles. The van der Waals surface area contributed by atoms with E-state index in [-0.39, 0.29) is 5.54 Å². The predicted molar refractivity (Wildman–Crippen MR) is 65.0 cm³/mol. The lowest BCUT2D eigenvalue weighted by atomic mass is 9.86. The van der Waals surface area contributed by atoms with Gasteiger partial charge in [-0.2, -0.15) is 0 Å². The number of rotatable bonds is 2. The summed E-state index contributed by atoms with van der Waals surface area (Å²) in [7, 11) is 0. The maximum Gasteiger partial charge on any atom is 0.223 e. The van der Waals surface area contributed by atoms with Crippen LogP contribution in [-0.4, -0.2) is 28.9 Å². The van der Waals surface area contributed by atoms with Crippen LogP contribution in [0.2, 0.25) is 0 Å². The van der Waals surface area contributed by atoms with Crippen molar-refractivity contribution in [1.82, 2.24) is 4.90 Å². The molecule has 2 fully saturated rings. The molecular formula is C13H24N2O. The zero-order valence-electron chi connectivity index (χ0n) is 10.5. The van der Waals surface area contributed by atoms with E-state index in [1.165, 1.54) is 32.1 Å². The highest BCUT2D eigenvalue weighted by Gasteiger charge is 2.48. The molecule has 1 atom stereocenters. The molecule has 1 saturated carbocycles. The SMILES string of the molecule is CC1(C)C(CN)CC(=O)N1C1CCCCC1. The highest BCUT2D eigenvalue weighted by atomic mass is 16.2. The van der Waals surface area contributed by atoms with Crippen LogP contribution >= 0.6 is 0 Å². The molecule has 1 aliphatic heterocycles. The van der Waals surface area contributed by atoms with Gasteiger partial charge < -0.3 is 10.6 Å². The molecule has 3 nitrogen and oxygen atoms in total. The Morgan fingerprint density at radius 2 is 1.94 bits per heavy atom. The molecule has 1 aliphatic carbocycles. The third-order valence-electron chi connectivity index (χ3n) is 4.53. The molecular weight excluding hydrogens is 200 g/mol. The van der Waals surface area contributed by atoms with Crippen LogP contribution in [0.15, 0.2) is 0 Å². The van der Waals surface area contributed by atoms with Crippen LogP contribution in [0.5, 0.6) is 0 Å². The van der Waals surface area contributed by atoms with E-state index < -0.39 is 0 Å². The Balaban J connectivity index is 2.15. The molecule has 92 valence electrons. The van der Waals surface area contributed by atoms with Gasteiger partial charge in [0.15, 0.2) is 0 Å². The Morgan fingerprint density at radius 3 is 2.44 bits per heavy atom. The van der Waals surface area contributed by atoms with Gasteiger partial charge in [-0.1, -0.05) is 19.3 Å². The molecule has 0 aromatic rings. The van der Waals surface area contributed by atoms with E-state index in [9.17, 15) is 4.79 Å². The van der Waals surface area contributed by atoms with Crippen molar-refractivity contribution >= 4 is 5.91 Å². The predicted octanol–water partition coefficient (Wildman–Crippen LogP) is 1.90. The van der Waals surface area contributed by atoms with Gasteiger partial charge in [0.25, 0.3) is 0 Å². The van der Waals surface area contributed by atoms with Crippen LogP contribution < -0.4 is 5.73 Å². The second kappa shape index (κ2) is 4.36. The maximum absolute atomic E-state index is 12.1. The molecule has 1 unspecified atom stereocenters. The van der Waals surface area contributed by atoms with Crippen LogP contribution in [0.25, 0.3) is 0 Å². The Hall–Kier alpha value is -0.570. The van der Waals surface area contributed by atoms with Crippen molar-refractivity contribution in [1.29, 1.82) is 0 Å². The number of carbonyl (C=O) groups is 1. The summed E-state index contributed by atoms with van der Waals surface area (Å²) in [5, 5.41) is 0. The molecule has 2 N–H and O–H groups in total. The first-order valence-corrected chi connectivity index (χ1v) is 6.59. The minimum absolute atomic E-state index is 0.0339. The van der Waals surface area contributed by atoms with Crippen molar-refractivity contribution in [2.75, 3.05) is 6.54 Å². The molecule has 0 aromatic heterocycles. The van der Waals surface area contributed by atoms with Crippen LogP contribution in [0.4, 0.5) is 0 Å². The van der Waals surface area contributed by atoms with Gasteiger partial charge in [-0.25, -0.2) is 0 Å². The minimum Gasteiger partial charge on any atom is -0.334 e. The Labute approximate surface area is 98.4 Å². The average molecular weight is 224 g/mol. The Bertz CT molecular complexity index is 269. The third kappa shape index (κ3) is 1.86. The quantitative estimate of drug-likeness (QED) is 0.778. The fraction of sp³-hybridized carbons (Fsp3) is 0.923. The molecule has 1 amide bonds. The fourth-order valence-electron chi connectivity index (χ4n) is 3.46. The summed E-state index contributed by atoms with van der Waals surface area (Å²) in [5.74, 6) is 0.661. The number of amides is 1. The van der Waals surface area contributed by atoms with E-state index in [1.807, 2.05) is 0 Å². The average Bonchev–Trinajstić information content (AvgIpc) is 2.49. The highest BCUT2D eigenvalue weighted by molar-refractivity contribution is 5.80. The van der Waals surface area contributed by atoms with Crippen molar-refractivity contribution in [3.8, 4) is 0 Å². The molecule has 0 bridgehead atoms. The molecule has 16 heavy (non-hydrogen) atoms. The Morgan fingerprint density at radius 1 is 1.31 bits per heavy atom. The van der Waals surface area contributed by atoms with Gasteiger partial charge in [0, 0.05) is 23.9 Å². The van der Waals surface area contributed by atoms with Crippen LogP contribution in [0.3, 0.4) is 0 Å². The molecule has 2 rings (SSSR count). The molecule has 0 radical (unpaired) electrons. The van der Waals surface area contributed by atoms with Crippen LogP contribution in [0, 0.1) is 5.92 Å². The number of hydrogen-bond donors (Lipinski definition) is 1. The number of hydrogen-bond acceptors (Lipinski definition) is 2. The topological polar surface area (TPSA) is 46.3 Å². The molecule has 3 heteroatoms. The van der Waals surface area contributed by atoms with Crippen LogP contribution in [0.1, 0.15) is 52.4 Å². The fourth-order valence-corrected chi connectivity index (χ4v) is 3.46. The van der Waals surface area contributed by atoms with Crippen molar-refractivity contribution in [3.63, 3.8) is 0 Å². The molecule has 1 saturated heterocycles. The van der Waals surface area contributed by atoms with E-state index in [4.69, 9.17) is 5.73 Å². The first-order valence-electron chi connectivity index (χ1n) is 6.59. The van der Waals surface area contributed by atoms with Gasteiger partial charge in [-0.05, 0) is 33.2 Å². The number of likely N-dealkylation sites (tertiary alicyclic amines) is 1. The zero-order valence-corrected chi connectivity index (χ0v) is 10.5. The second-order valence-electron chi connectivity index (χ2n) is 5.85. The lowest BCUT2D eigenvalue weighted by Gasteiger charge is -2.42. The largest absolute Gasteiger partial charge is 0.334 e. The third-order valence-corrected chi connectivity index (χ3v) is 4.53. The van der Waals surface area contributed by atoms with Gasteiger partial charge in [-0.3, -0.25) is 4.79 Å². The summed E-state index contributed by atoms with van der Waals surface area (Å²) < 4.78 is 0. The van der Waals surface area contributed by atoms with Gasteiger partial charge >= 0.3 is 0 Å². The second-order valence-corrected chi connectivity index (χ2v) is 5.85. The summed E-state index contributed by atoms with van der Waals surface area (Å²) in [4.78, 5) is 14.3. The normalized spacial score (nSPS) is 31.1.